The highest BCUT2D eigenvalue weighted by Gasteiger charge is 2.02. The molecule has 0 aliphatic heterocycles. The van der Waals surface area contributed by atoms with Crippen molar-refractivity contribution in [2.75, 3.05) is 0 Å². The summed E-state index contributed by atoms with van der Waals surface area (Å²) < 4.78 is 5.61. The Morgan fingerprint density at radius 2 is 2.05 bits per heavy atom. The average molecular weight is 290 g/mol. The molecule has 0 saturated carbocycles. The van der Waals surface area contributed by atoms with Crippen molar-refractivity contribution in [3.05, 3.63) is 58.9 Å². The van der Waals surface area contributed by atoms with E-state index in [1.54, 1.807) is 24.4 Å². The van der Waals surface area contributed by atoms with E-state index < -0.39 is 5.97 Å². The fraction of sp³-hybridized carbons (Fsp3) is 0.0667. The lowest BCUT2D eigenvalue weighted by atomic mass is 10.2. The van der Waals surface area contributed by atoms with Crippen LogP contribution in [-0.4, -0.2) is 16.1 Å². The standard InChI is InChI=1S/C15H12ClNO3/c1-10-2-5-13(9-17-10)20-12-6-3-11(14(16)8-12)4-7-15(18)19/h2-9H,1H3,(H,18,19)/b7-4+. The number of nitrogens with zero attached hydrogens (tertiary/aromatic N) is 1. The summed E-state index contributed by atoms with van der Waals surface area (Å²) in [6.07, 6.45) is 4.09. The van der Waals surface area contributed by atoms with Gasteiger partial charge >= 0.3 is 5.97 Å². The van der Waals surface area contributed by atoms with Gasteiger partial charge in [0.15, 0.2) is 0 Å². The minimum absolute atomic E-state index is 0.417. The highest BCUT2D eigenvalue weighted by atomic mass is 35.5. The highest BCUT2D eigenvalue weighted by molar-refractivity contribution is 6.32. The number of rotatable bonds is 4. The maximum Gasteiger partial charge on any atom is 0.328 e. The molecule has 0 unspecified atom stereocenters. The monoisotopic (exact) mass is 289 g/mol. The normalized spacial score (nSPS) is 10.7. The van der Waals surface area contributed by atoms with Crippen molar-refractivity contribution in [2.45, 2.75) is 6.92 Å². The van der Waals surface area contributed by atoms with Crippen molar-refractivity contribution in [3.63, 3.8) is 0 Å². The van der Waals surface area contributed by atoms with Gasteiger partial charge in [-0.25, -0.2) is 4.79 Å². The van der Waals surface area contributed by atoms with Crippen molar-refractivity contribution in [1.29, 1.82) is 0 Å². The van der Waals surface area contributed by atoms with Crippen LogP contribution in [0.3, 0.4) is 0 Å². The number of hydrogen-bond acceptors (Lipinski definition) is 3. The van der Waals surface area contributed by atoms with Gasteiger partial charge in [-0.2, -0.15) is 0 Å². The molecular weight excluding hydrogens is 278 g/mol. The van der Waals surface area contributed by atoms with Crippen LogP contribution in [0.5, 0.6) is 11.5 Å². The number of carbonyl (C=O) groups is 1. The van der Waals surface area contributed by atoms with Crippen LogP contribution in [0.1, 0.15) is 11.3 Å². The number of carboxylic acids is 1. The largest absolute Gasteiger partial charge is 0.478 e. The van der Waals surface area contributed by atoms with Crippen LogP contribution >= 0.6 is 11.6 Å². The topological polar surface area (TPSA) is 59.4 Å². The molecule has 0 amide bonds. The molecule has 0 saturated heterocycles. The van der Waals surface area contributed by atoms with E-state index in [0.29, 0.717) is 22.1 Å². The van der Waals surface area contributed by atoms with Crippen LogP contribution < -0.4 is 4.74 Å². The summed E-state index contributed by atoms with van der Waals surface area (Å²) in [7, 11) is 0. The average Bonchev–Trinajstić information content (AvgIpc) is 2.40. The number of pyridine rings is 1. The second-order valence-electron chi connectivity index (χ2n) is 4.09. The summed E-state index contributed by atoms with van der Waals surface area (Å²) in [5, 5.41) is 8.99. The molecule has 102 valence electrons. The summed E-state index contributed by atoms with van der Waals surface area (Å²) in [6, 6.07) is 8.70. The fourth-order valence-corrected chi connectivity index (χ4v) is 1.75. The molecule has 1 aromatic heterocycles. The van der Waals surface area contributed by atoms with Gasteiger partial charge in [-0.1, -0.05) is 11.6 Å². The molecule has 20 heavy (non-hydrogen) atoms. The number of carboxylic acid groups (broad SMARTS) is 1. The van der Waals surface area contributed by atoms with Gasteiger partial charge in [0.05, 0.1) is 11.2 Å². The Morgan fingerprint density at radius 3 is 2.65 bits per heavy atom. The van der Waals surface area contributed by atoms with Gasteiger partial charge in [-0.05, 0) is 48.9 Å². The van der Waals surface area contributed by atoms with Crippen LogP contribution in [0, 0.1) is 6.92 Å². The van der Waals surface area contributed by atoms with Gasteiger partial charge in [0.2, 0.25) is 0 Å². The van der Waals surface area contributed by atoms with E-state index in [-0.39, 0.29) is 0 Å². The molecule has 0 spiro atoms. The van der Waals surface area contributed by atoms with Crippen molar-refractivity contribution >= 4 is 23.6 Å². The number of hydrogen-bond donors (Lipinski definition) is 1. The Balaban J connectivity index is 2.16. The number of halogens is 1. The lowest BCUT2D eigenvalue weighted by Crippen LogP contribution is -1.88. The number of aryl methyl sites for hydroxylation is 1. The summed E-state index contributed by atoms with van der Waals surface area (Å²) in [6.45, 7) is 1.89. The zero-order chi connectivity index (χ0) is 14.5. The quantitative estimate of drug-likeness (QED) is 0.866. The van der Waals surface area contributed by atoms with Gasteiger partial charge in [0.1, 0.15) is 11.5 Å². The molecule has 0 atom stereocenters. The second kappa shape index (κ2) is 6.21. The minimum Gasteiger partial charge on any atom is -0.478 e. The predicted molar refractivity (Wildman–Crippen MR) is 77.2 cm³/mol. The third-order valence-corrected chi connectivity index (χ3v) is 2.82. The maximum absolute atomic E-state index is 10.5. The van der Waals surface area contributed by atoms with E-state index in [9.17, 15) is 4.79 Å². The molecule has 0 aliphatic rings. The third kappa shape index (κ3) is 3.83. The van der Waals surface area contributed by atoms with Gasteiger partial charge in [0, 0.05) is 11.8 Å². The van der Waals surface area contributed by atoms with E-state index in [1.807, 2.05) is 19.1 Å². The first kappa shape index (κ1) is 14.1. The molecule has 1 heterocycles. The molecule has 2 rings (SSSR count). The summed E-state index contributed by atoms with van der Waals surface area (Å²) >= 11 is 6.06. The fourth-order valence-electron chi connectivity index (χ4n) is 1.52. The van der Waals surface area contributed by atoms with Gasteiger partial charge in [-0.15, -0.1) is 0 Å². The first-order valence-electron chi connectivity index (χ1n) is 5.85. The van der Waals surface area contributed by atoms with Crippen LogP contribution in [0.15, 0.2) is 42.6 Å². The summed E-state index contributed by atoms with van der Waals surface area (Å²) in [5.74, 6) is 0.153. The van der Waals surface area contributed by atoms with E-state index >= 15 is 0 Å². The SMILES string of the molecule is Cc1ccc(Oc2ccc(/C=C/C(=O)O)c(Cl)c2)cn1. The number of benzene rings is 1. The number of aliphatic carboxylic acids is 1. The molecule has 0 aliphatic carbocycles. The van der Waals surface area contributed by atoms with E-state index in [1.165, 1.54) is 6.08 Å². The molecule has 1 aromatic carbocycles. The minimum atomic E-state index is -1.02. The molecule has 4 nitrogen and oxygen atoms in total. The van der Waals surface area contributed by atoms with Gasteiger partial charge in [0.25, 0.3) is 0 Å². The molecule has 0 radical (unpaired) electrons. The van der Waals surface area contributed by atoms with E-state index in [2.05, 4.69) is 4.98 Å². The Bertz CT molecular complexity index is 651. The van der Waals surface area contributed by atoms with Crippen LogP contribution in [0.4, 0.5) is 0 Å². The molecule has 5 heteroatoms. The molecule has 1 N–H and O–H groups in total. The van der Waals surface area contributed by atoms with E-state index in [4.69, 9.17) is 21.4 Å². The van der Waals surface area contributed by atoms with Crippen molar-refractivity contribution in [1.82, 2.24) is 4.98 Å². The molecule has 0 bridgehead atoms. The lowest BCUT2D eigenvalue weighted by Gasteiger charge is -2.07. The Kier molecular flexibility index (Phi) is 4.38. The first-order chi connectivity index (χ1) is 9.54. The second-order valence-corrected chi connectivity index (χ2v) is 4.50. The van der Waals surface area contributed by atoms with Crippen molar-refractivity contribution < 1.29 is 14.6 Å². The Hall–Kier alpha value is -2.33. The Morgan fingerprint density at radius 1 is 1.30 bits per heavy atom. The summed E-state index contributed by atoms with van der Waals surface area (Å²) in [5.41, 5.74) is 1.52. The Labute approximate surface area is 121 Å². The van der Waals surface area contributed by atoms with Crippen molar-refractivity contribution in [2.24, 2.45) is 0 Å². The summed E-state index contributed by atoms with van der Waals surface area (Å²) in [4.78, 5) is 14.6. The zero-order valence-corrected chi connectivity index (χ0v) is 11.5. The van der Waals surface area contributed by atoms with Gasteiger partial charge < -0.3 is 9.84 Å². The molecule has 2 aromatic rings. The van der Waals surface area contributed by atoms with Gasteiger partial charge in [-0.3, -0.25) is 4.98 Å². The highest BCUT2D eigenvalue weighted by Crippen LogP contribution is 2.27. The van der Waals surface area contributed by atoms with E-state index in [0.717, 1.165) is 11.8 Å². The number of aromatic nitrogens is 1. The molecule has 0 fully saturated rings. The third-order valence-electron chi connectivity index (χ3n) is 2.50. The lowest BCUT2D eigenvalue weighted by molar-refractivity contribution is -0.131. The maximum atomic E-state index is 10.5. The first-order valence-corrected chi connectivity index (χ1v) is 6.23. The molecular formula is C15H12ClNO3. The van der Waals surface area contributed by atoms with Crippen LogP contribution in [0.25, 0.3) is 6.08 Å². The number of ether oxygens (including phenoxy) is 1. The smallest absolute Gasteiger partial charge is 0.328 e. The van der Waals surface area contributed by atoms with Crippen LogP contribution in [0.2, 0.25) is 5.02 Å². The van der Waals surface area contributed by atoms with Crippen LogP contribution in [-0.2, 0) is 4.79 Å². The zero-order valence-electron chi connectivity index (χ0n) is 10.7. The van der Waals surface area contributed by atoms with Crippen molar-refractivity contribution in [3.8, 4) is 11.5 Å². The predicted octanol–water partition coefficient (Wildman–Crippen LogP) is 3.93.